The van der Waals surface area contributed by atoms with Crippen LogP contribution in [0.2, 0.25) is 5.02 Å². The summed E-state index contributed by atoms with van der Waals surface area (Å²) in [5.74, 6) is -2.19. The summed E-state index contributed by atoms with van der Waals surface area (Å²) in [7, 11) is 0. The van der Waals surface area contributed by atoms with Crippen LogP contribution in [0.25, 0.3) is 23.1 Å². The molecule has 4 aromatic rings. The third-order valence-corrected chi connectivity index (χ3v) is 4.04. The van der Waals surface area contributed by atoms with Crippen molar-refractivity contribution in [3.05, 3.63) is 77.0 Å². The number of anilines is 1. The van der Waals surface area contributed by atoms with E-state index in [4.69, 9.17) is 20.4 Å². The summed E-state index contributed by atoms with van der Waals surface area (Å²) in [6, 6.07) is 11.0. The summed E-state index contributed by atoms with van der Waals surface area (Å²) in [6.07, 6.45) is 1.43. The lowest BCUT2D eigenvalue weighted by Crippen LogP contribution is -2.15. The Kier molecular flexibility index (Phi) is 4.62. The van der Waals surface area contributed by atoms with Crippen molar-refractivity contribution < 1.29 is 22.4 Å². The molecule has 0 radical (unpaired) electrons. The van der Waals surface area contributed by atoms with E-state index in [-0.39, 0.29) is 33.6 Å². The number of aromatic nitrogens is 2. The highest BCUT2D eigenvalue weighted by Gasteiger charge is 2.21. The van der Waals surface area contributed by atoms with E-state index in [1.54, 1.807) is 12.1 Å². The molecule has 9 heteroatoms. The van der Waals surface area contributed by atoms with E-state index in [0.717, 1.165) is 6.07 Å². The minimum atomic E-state index is -0.892. The van der Waals surface area contributed by atoms with E-state index in [1.165, 1.54) is 36.6 Å². The van der Waals surface area contributed by atoms with Crippen LogP contribution < -0.4 is 5.32 Å². The van der Waals surface area contributed by atoms with Crippen molar-refractivity contribution in [1.82, 2.24) is 10.2 Å². The van der Waals surface area contributed by atoms with E-state index < -0.39 is 17.5 Å². The largest absolute Gasteiger partial charge is 0.459 e. The Morgan fingerprint density at radius 1 is 1.04 bits per heavy atom. The summed E-state index contributed by atoms with van der Waals surface area (Å²) in [4.78, 5) is 12.4. The predicted octanol–water partition coefficient (Wildman–Crippen LogP) is 5.18. The fourth-order valence-electron chi connectivity index (χ4n) is 2.49. The first kappa shape index (κ1) is 17.9. The first-order valence-electron chi connectivity index (χ1n) is 7.95. The van der Waals surface area contributed by atoms with Gasteiger partial charge in [0.1, 0.15) is 11.6 Å². The monoisotopic (exact) mass is 401 g/mol. The second-order valence-electron chi connectivity index (χ2n) is 5.64. The summed E-state index contributed by atoms with van der Waals surface area (Å²) in [5, 5.41) is 10.1. The minimum Gasteiger partial charge on any atom is -0.459 e. The first-order chi connectivity index (χ1) is 13.5. The van der Waals surface area contributed by atoms with E-state index in [9.17, 15) is 13.6 Å². The number of carbonyl (C=O) groups excluding carboxylic acids is 1. The number of amides is 1. The van der Waals surface area contributed by atoms with Gasteiger partial charge in [0.2, 0.25) is 0 Å². The molecule has 0 aliphatic carbocycles. The number of rotatable bonds is 4. The maximum atomic E-state index is 14.9. The fourth-order valence-corrected chi connectivity index (χ4v) is 2.66. The molecule has 140 valence electrons. The Balaban J connectivity index is 1.65. The predicted molar refractivity (Wildman–Crippen MR) is 96.8 cm³/mol. The van der Waals surface area contributed by atoms with Gasteiger partial charge in [0.05, 0.1) is 23.1 Å². The molecular weight excluding hydrogens is 392 g/mol. The molecule has 0 saturated carbocycles. The molecule has 2 aromatic heterocycles. The molecule has 0 unspecified atom stereocenters. The van der Waals surface area contributed by atoms with Crippen LogP contribution in [-0.4, -0.2) is 16.1 Å². The molecule has 0 atom stereocenters. The fraction of sp³-hybridized carbons (Fsp3) is 0. The van der Waals surface area contributed by atoms with E-state index in [2.05, 4.69) is 15.5 Å². The van der Waals surface area contributed by atoms with Gasteiger partial charge in [0.25, 0.3) is 17.7 Å². The number of furan rings is 1. The van der Waals surface area contributed by atoms with Gasteiger partial charge in [-0.15, -0.1) is 10.2 Å². The highest BCUT2D eigenvalue weighted by atomic mass is 35.5. The first-order valence-corrected chi connectivity index (χ1v) is 8.33. The molecule has 0 fully saturated rings. The SMILES string of the molecule is O=C(Nc1cc(Cl)ccc1F)c1cccc(-c2nnc(-c3ccco3)o2)c1F. The van der Waals surface area contributed by atoms with Gasteiger partial charge in [-0.3, -0.25) is 4.79 Å². The van der Waals surface area contributed by atoms with Crippen molar-refractivity contribution in [3.8, 4) is 23.1 Å². The summed E-state index contributed by atoms with van der Waals surface area (Å²) in [6.45, 7) is 0. The molecule has 2 heterocycles. The van der Waals surface area contributed by atoms with Gasteiger partial charge in [-0.25, -0.2) is 8.78 Å². The normalized spacial score (nSPS) is 10.8. The van der Waals surface area contributed by atoms with Crippen molar-refractivity contribution in [1.29, 1.82) is 0 Å². The molecule has 0 bridgehead atoms. The zero-order valence-electron chi connectivity index (χ0n) is 13.9. The average molecular weight is 402 g/mol. The highest BCUT2D eigenvalue weighted by molar-refractivity contribution is 6.31. The Labute approximate surface area is 161 Å². The standard InChI is InChI=1S/C19H10ClF2N3O3/c20-10-6-7-13(21)14(9-10)23-17(26)11-3-1-4-12(16(11)22)18-24-25-19(28-18)15-5-2-8-27-15/h1-9H,(H,23,26). The Bertz CT molecular complexity index is 1160. The molecule has 0 spiro atoms. The van der Waals surface area contributed by atoms with Gasteiger partial charge in [-0.05, 0) is 42.5 Å². The average Bonchev–Trinajstić information content (AvgIpc) is 3.36. The zero-order valence-corrected chi connectivity index (χ0v) is 14.7. The smallest absolute Gasteiger partial charge is 0.283 e. The van der Waals surface area contributed by atoms with Gasteiger partial charge in [-0.1, -0.05) is 17.7 Å². The van der Waals surface area contributed by atoms with E-state index >= 15 is 0 Å². The summed E-state index contributed by atoms with van der Waals surface area (Å²) >= 11 is 5.80. The van der Waals surface area contributed by atoms with E-state index in [1.807, 2.05) is 0 Å². The maximum absolute atomic E-state index is 14.9. The van der Waals surface area contributed by atoms with Crippen molar-refractivity contribution in [2.75, 3.05) is 5.32 Å². The van der Waals surface area contributed by atoms with Crippen molar-refractivity contribution >= 4 is 23.2 Å². The van der Waals surface area contributed by atoms with Crippen molar-refractivity contribution in [3.63, 3.8) is 0 Å². The van der Waals surface area contributed by atoms with Crippen LogP contribution in [0.3, 0.4) is 0 Å². The maximum Gasteiger partial charge on any atom is 0.283 e. The zero-order chi connectivity index (χ0) is 19.7. The Morgan fingerprint density at radius 3 is 2.64 bits per heavy atom. The van der Waals surface area contributed by atoms with Gasteiger partial charge < -0.3 is 14.2 Å². The van der Waals surface area contributed by atoms with Crippen LogP contribution in [0.15, 0.2) is 63.6 Å². The lowest BCUT2D eigenvalue weighted by Gasteiger charge is -2.09. The third kappa shape index (κ3) is 3.37. The van der Waals surface area contributed by atoms with Gasteiger partial charge >= 0.3 is 0 Å². The third-order valence-electron chi connectivity index (χ3n) is 3.81. The molecule has 28 heavy (non-hydrogen) atoms. The molecule has 2 aromatic carbocycles. The second-order valence-corrected chi connectivity index (χ2v) is 6.07. The van der Waals surface area contributed by atoms with Crippen LogP contribution in [0.5, 0.6) is 0 Å². The second kappa shape index (κ2) is 7.24. The Hall–Kier alpha value is -3.52. The summed E-state index contributed by atoms with van der Waals surface area (Å²) < 4.78 is 39.3. The molecule has 0 saturated heterocycles. The lowest BCUT2D eigenvalue weighted by molar-refractivity contribution is 0.102. The van der Waals surface area contributed by atoms with Crippen LogP contribution in [0, 0.1) is 11.6 Å². The van der Waals surface area contributed by atoms with Crippen LogP contribution in [0.1, 0.15) is 10.4 Å². The van der Waals surface area contributed by atoms with Crippen molar-refractivity contribution in [2.45, 2.75) is 0 Å². The summed E-state index contributed by atoms with van der Waals surface area (Å²) in [5.41, 5.74) is -0.570. The van der Waals surface area contributed by atoms with E-state index in [0.29, 0.717) is 5.76 Å². The number of hydrogen-bond donors (Lipinski definition) is 1. The number of benzene rings is 2. The lowest BCUT2D eigenvalue weighted by atomic mass is 10.1. The number of nitrogens with one attached hydrogen (secondary N) is 1. The molecule has 4 rings (SSSR count). The topological polar surface area (TPSA) is 81.2 Å². The Morgan fingerprint density at radius 2 is 1.86 bits per heavy atom. The molecule has 1 amide bonds. The van der Waals surface area contributed by atoms with Gasteiger partial charge in [0.15, 0.2) is 5.76 Å². The number of carbonyl (C=O) groups is 1. The number of nitrogens with zero attached hydrogens (tertiary/aromatic N) is 2. The molecule has 1 N–H and O–H groups in total. The molecule has 0 aliphatic rings. The molecule has 0 aliphatic heterocycles. The van der Waals surface area contributed by atoms with Crippen LogP contribution in [0.4, 0.5) is 14.5 Å². The van der Waals surface area contributed by atoms with Gasteiger partial charge in [-0.2, -0.15) is 0 Å². The highest BCUT2D eigenvalue weighted by Crippen LogP contribution is 2.28. The molecule has 6 nitrogen and oxygen atoms in total. The van der Waals surface area contributed by atoms with Gasteiger partial charge in [0, 0.05) is 5.02 Å². The number of hydrogen-bond acceptors (Lipinski definition) is 5. The molecular formula is C19H10ClF2N3O3. The van der Waals surface area contributed by atoms with Crippen molar-refractivity contribution in [2.24, 2.45) is 0 Å². The quantitative estimate of drug-likeness (QED) is 0.509. The minimum absolute atomic E-state index is 0.0650. The van der Waals surface area contributed by atoms with Crippen LogP contribution >= 0.6 is 11.6 Å². The number of halogens is 3. The van der Waals surface area contributed by atoms with Crippen LogP contribution in [-0.2, 0) is 0 Å².